The number of rotatable bonds is 2. The predicted octanol–water partition coefficient (Wildman–Crippen LogP) is -0.428. The van der Waals surface area contributed by atoms with Crippen LogP contribution in [0.5, 0.6) is 0 Å². The van der Waals surface area contributed by atoms with E-state index in [9.17, 15) is 9.59 Å². The molecule has 0 aromatic rings. The monoisotopic (exact) mass is 237 g/mol. The van der Waals surface area contributed by atoms with Gasteiger partial charge in [-0.3, -0.25) is 9.59 Å². The molecule has 0 aromatic carbocycles. The zero-order chi connectivity index (χ0) is 11.8. The first-order valence-corrected chi connectivity index (χ1v) is 6.57. The highest BCUT2D eigenvalue weighted by molar-refractivity contribution is 5.95. The van der Waals surface area contributed by atoms with Crippen molar-refractivity contribution in [1.82, 2.24) is 15.1 Å². The smallest absolute Gasteiger partial charge is 0.245 e. The second kappa shape index (κ2) is 4.29. The number of fused-ring (bicyclic) bond motifs is 1. The second-order valence-electron chi connectivity index (χ2n) is 5.26. The molecule has 1 N–H and O–H groups in total. The summed E-state index contributed by atoms with van der Waals surface area (Å²) in [6.45, 7) is 2.80. The Morgan fingerprint density at radius 2 is 2.12 bits per heavy atom. The third-order valence-corrected chi connectivity index (χ3v) is 4.10. The molecule has 0 aliphatic carbocycles. The highest BCUT2D eigenvalue weighted by Gasteiger charge is 2.42. The van der Waals surface area contributed by atoms with Gasteiger partial charge >= 0.3 is 0 Å². The van der Waals surface area contributed by atoms with E-state index in [1.165, 1.54) is 6.42 Å². The Hall–Kier alpha value is -1.10. The molecule has 0 radical (unpaired) electrons. The van der Waals surface area contributed by atoms with E-state index in [1.54, 1.807) is 9.80 Å². The highest BCUT2D eigenvalue weighted by Crippen LogP contribution is 2.24. The van der Waals surface area contributed by atoms with Crippen LogP contribution in [0.1, 0.15) is 25.7 Å². The number of hydrogen-bond donors (Lipinski definition) is 1. The number of nitrogens with zero attached hydrogens (tertiary/aromatic N) is 2. The lowest BCUT2D eigenvalue weighted by Crippen LogP contribution is -2.59. The van der Waals surface area contributed by atoms with Gasteiger partial charge in [0.15, 0.2) is 0 Å². The summed E-state index contributed by atoms with van der Waals surface area (Å²) in [5.41, 5.74) is 0. The summed E-state index contributed by atoms with van der Waals surface area (Å²) < 4.78 is 0. The van der Waals surface area contributed by atoms with E-state index in [1.807, 2.05) is 0 Å². The van der Waals surface area contributed by atoms with Crippen molar-refractivity contribution in [3.05, 3.63) is 0 Å². The third-order valence-electron chi connectivity index (χ3n) is 4.10. The maximum atomic E-state index is 12.2. The van der Waals surface area contributed by atoms with Crippen LogP contribution in [0.3, 0.4) is 0 Å². The van der Waals surface area contributed by atoms with Crippen LogP contribution in [0.15, 0.2) is 0 Å². The fourth-order valence-corrected chi connectivity index (χ4v) is 3.20. The number of piperazine rings is 1. The van der Waals surface area contributed by atoms with Gasteiger partial charge in [0.1, 0.15) is 6.04 Å². The quantitative estimate of drug-likeness (QED) is 0.709. The van der Waals surface area contributed by atoms with E-state index >= 15 is 0 Å². The number of carbonyl (C=O) groups excluding carboxylic acids is 2. The van der Waals surface area contributed by atoms with Crippen LogP contribution in [0.25, 0.3) is 0 Å². The maximum absolute atomic E-state index is 12.2. The molecule has 3 rings (SSSR count). The molecule has 0 bridgehead atoms. The Morgan fingerprint density at radius 3 is 2.88 bits per heavy atom. The van der Waals surface area contributed by atoms with Crippen molar-refractivity contribution < 1.29 is 9.59 Å². The predicted molar refractivity (Wildman–Crippen MR) is 62.3 cm³/mol. The van der Waals surface area contributed by atoms with Crippen LogP contribution in [0.4, 0.5) is 0 Å². The van der Waals surface area contributed by atoms with E-state index in [0.29, 0.717) is 12.6 Å². The minimum absolute atomic E-state index is 0.130. The maximum Gasteiger partial charge on any atom is 0.245 e. The van der Waals surface area contributed by atoms with Crippen molar-refractivity contribution >= 4 is 11.8 Å². The van der Waals surface area contributed by atoms with Gasteiger partial charge < -0.3 is 15.1 Å². The molecule has 3 aliphatic rings. The van der Waals surface area contributed by atoms with Crippen LogP contribution in [0, 0.1) is 0 Å². The van der Waals surface area contributed by atoms with Crippen molar-refractivity contribution in [2.24, 2.45) is 0 Å². The molecule has 3 saturated heterocycles. The van der Waals surface area contributed by atoms with Gasteiger partial charge in [-0.05, 0) is 32.2 Å². The minimum atomic E-state index is -0.155. The minimum Gasteiger partial charge on any atom is -0.330 e. The third kappa shape index (κ3) is 1.92. The van der Waals surface area contributed by atoms with Gasteiger partial charge in [0.25, 0.3) is 0 Å². The van der Waals surface area contributed by atoms with Gasteiger partial charge in [0, 0.05) is 19.1 Å². The van der Waals surface area contributed by atoms with E-state index in [-0.39, 0.29) is 24.4 Å². The largest absolute Gasteiger partial charge is 0.330 e. The molecule has 2 amide bonds. The standard InChI is InChI=1S/C12H19N3O2/c16-11-8-14(7-9-3-1-5-13-9)12(17)10-4-2-6-15(10)11/h9-10,13H,1-8H2/t9-,10?/m0/s1. The Labute approximate surface area is 101 Å². The van der Waals surface area contributed by atoms with Crippen molar-refractivity contribution in [3.63, 3.8) is 0 Å². The van der Waals surface area contributed by atoms with Crippen molar-refractivity contribution in [2.75, 3.05) is 26.2 Å². The van der Waals surface area contributed by atoms with Gasteiger partial charge in [0.05, 0.1) is 6.54 Å². The van der Waals surface area contributed by atoms with Crippen molar-refractivity contribution in [3.8, 4) is 0 Å². The second-order valence-corrected chi connectivity index (χ2v) is 5.26. The molecule has 1 unspecified atom stereocenters. The van der Waals surface area contributed by atoms with Crippen LogP contribution in [-0.4, -0.2) is 59.9 Å². The lowest BCUT2D eigenvalue weighted by molar-refractivity contribution is -0.153. The summed E-state index contributed by atoms with van der Waals surface area (Å²) >= 11 is 0. The van der Waals surface area contributed by atoms with Crippen LogP contribution in [0.2, 0.25) is 0 Å². The van der Waals surface area contributed by atoms with Crippen LogP contribution < -0.4 is 5.32 Å². The van der Waals surface area contributed by atoms with Gasteiger partial charge in [-0.25, -0.2) is 0 Å². The Balaban J connectivity index is 1.68. The van der Waals surface area contributed by atoms with Gasteiger partial charge in [-0.1, -0.05) is 0 Å². The summed E-state index contributed by atoms with van der Waals surface area (Å²) in [6, 6.07) is 0.234. The molecule has 0 spiro atoms. The molecular weight excluding hydrogens is 218 g/mol. The molecule has 5 heteroatoms. The number of amides is 2. The summed E-state index contributed by atoms with van der Waals surface area (Å²) in [5.74, 6) is 0.292. The van der Waals surface area contributed by atoms with E-state index in [2.05, 4.69) is 5.32 Å². The average Bonchev–Trinajstić information content (AvgIpc) is 2.96. The summed E-state index contributed by atoms with van der Waals surface area (Å²) in [4.78, 5) is 27.7. The highest BCUT2D eigenvalue weighted by atomic mass is 16.2. The normalized spacial score (nSPS) is 33.4. The zero-order valence-corrected chi connectivity index (χ0v) is 10.0. The number of hydrogen-bond acceptors (Lipinski definition) is 3. The molecule has 94 valence electrons. The first-order chi connectivity index (χ1) is 8.25. The van der Waals surface area contributed by atoms with E-state index in [4.69, 9.17) is 0 Å². The summed E-state index contributed by atoms with van der Waals surface area (Å²) in [6.07, 6.45) is 4.11. The van der Waals surface area contributed by atoms with E-state index in [0.717, 1.165) is 32.4 Å². The SMILES string of the molecule is O=C1C2CCCN2C(=O)CN1C[C@@H]1CCCN1. The lowest BCUT2D eigenvalue weighted by atomic mass is 10.1. The molecule has 3 heterocycles. The number of carbonyl (C=O) groups is 2. The Bertz CT molecular complexity index is 339. The topological polar surface area (TPSA) is 52.7 Å². The lowest BCUT2D eigenvalue weighted by Gasteiger charge is -2.37. The van der Waals surface area contributed by atoms with Gasteiger partial charge in [-0.15, -0.1) is 0 Å². The fourth-order valence-electron chi connectivity index (χ4n) is 3.20. The Kier molecular flexibility index (Phi) is 2.78. The first kappa shape index (κ1) is 11.0. The molecule has 0 aromatic heterocycles. The molecular formula is C12H19N3O2. The van der Waals surface area contributed by atoms with Crippen LogP contribution >= 0.6 is 0 Å². The molecule has 5 nitrogen and oxygen atoms in total. The summed E-state index contributed by atoms with van der Waals surface area (Å²) in [5, 5.41) is 3.38. The van der Waals surface area contributed by atoms with E-state index < -0.39 is 0 Å². The fraction of sp³-hybridized carbons (Fsp3) is 0.833. The van der Waals surface area contributed by atoms with Crippen LogP contribution in [-0.2, 0) is 9.59 Å². The number of nitrogens with one attached hydrogen (secondary N) is 1. The summed E-state index contributed by atoms with van der Waals surface area (Å²) in [7, 11) is 0. The van der Waals surface area contributed by atoms with Gasteiger partial charge in [0.2, 0.25) is 11.8 Å². The zero-order valence-electron chi connectivity index (χ0n) is 10.0. The molecule has 0 saturated carbocycles. The molecule has 3 aliphatic heterocycles. The van der Waals surface area contributed by atoms with Crippen molar-refractivity contribution in [2.45, 2.75) is 37.8 Å². The van der Waals surface area contributed by atoms with Crippen molar-refractivity contribution in [1.29, 1.82) is 0 Å². The van der Waals surface area contributed by atoms with Gasteiger partial charge in [-0.2, -0.15) is 0 Å². The molecule has 17 heavy (non-hydrogen) atoms. The first-order valence-electron chi connectivity index (χ1n) is 6.57. The molecule has 3 fully saturated rings. The molecule has 2 atom stereocenters. The Morgan fingerprint density at radius 1 is 1.24 bits per heavy atom. The average molecular weight is 237 g/mol.